The number of likely N-dealkylation sites (tertiary alicyclic amines) is 3. The van der Waals surface area contributed by atoms with Crippen LogP contribution >= 0.6 is 0 Å². The number of alkyl carbamates (subject to hydrolysis) is 1. The van der Waals surface area contributed by atoms with Gasteiger partial charge in [-0.15, -0.1) is 0 Å². The largest absolute Gasteiger partial charge is 0.453 e. The molecule has 4 saturated heterocycles. The molecule has 8 nitrogen and oxygen atoms in total. The minimum absolute atomic E-state index is 0.0382. The van der Waals surface area contributed by atoms with Crippen molar-refractivity contribution in [2.45, 2.75) is 68.6 Å². The highest BCUT2D eigenvalue weighted by molar-refractivity contribution is 5.67. The molecule has 2 aromatic rings. The van der Waals surface area contributed by atoms with Gasteiger partial charge in [0.1, 0.15) is 5.82 Å². The number of carbonyl (C=O) groups excluding carboxylic acids is 1. The Kier molecular flexibility index (Phi) is 9.65. The number of ether oxygens (including phenoxy) is 1. The van der Waals surface area contributed by atoms with Crippen molar-refractivity contribution in [2.75, 3.05) is 77.5 Å². The summed E-state index contributed by atoms with van der Waals surface area (Å²) in [5, 5.41) is 12.8. The maximum absolute atomic E-state index is 16.2. The molecular formula is C38H50F2N6O2. The van der Waals surface area contributed by atoms with Crippen molar-refractivity contribution in [2.24, 2.45) is 11.8 Å². The molecule has 3 atom stereocenters. The number of nitrogens with one attached hydrogen (secondary N) is 1. The molecule has 4 aliphatic heterocycles. The predicted octanol–water partition coefficient (Wildman–Crippen LogP) is 5.31. The summed E-state index contributed by atoms with van der Waals surface area (Å²) in [6, 6.07) is 15.4. The number of alkyl halides is 1. The summed E-state index contributed by atoms with van der Waals surface area (Å²) < 4.78 is 36.2. The summed E-state index contributed by atoms with van der Waals surface area (Å²) in [5.41, 5.74) is 2.14. The zero-order valence-electron chi connectivity index (χ0n) is 28.3. The van der Waals surface area contributed by atoms with Crippen LogP contribution in [0.2, 0.25) is 0 Å². The van der Waals surface area contributed by atoms with Crippen LogP contribution in [0.1, 0.15) is 61.6 Å². The van der Waals surface area contributed by atoms with Crippen LogP contribution in [0.5, 0.6) is 0 Å². The van der Waals surface area contributed by atoms with Gasteiger partial charge in [0, 0.05) is 36.8 Å². The molecule has 1 aliphatic carbocycles. The van der Waals surface area contributed by atoms with E-state index in [0.29, 0.717) is 25.2 Å². The second kappa shape index (κ2) is 13.9. The molecule has 5 fully saturated rings. The third-order valence-electron chi connectivity index (χ3n) is 12.2. The number of anilines is 1. The number of amides is 1. The van der Waals surface area contributed by atoms with Crippen LogP contribution in [0.4, 0.5) is 19.3 Å². The Morgan fingerprint density at radius 2 is 1.73 bits per heavy atom. The first kappa shape index (κ1) is 33.2. The van der Waals surface area contributed by atoms with Gasteiger partial charge in [0.15, 0.2) is 5.67 Å². The minimum atomic E-state index is -1.28. The topological polar surface area (TPSA) is 75.1 Å². The van der Waals surface area contributed by atoms with Gasteiger partial charge < -0.3 is 19.9 Å². The molecule has 5 aliphatic rings. The van der Waals surface area contributed by atoms with Gasteiger partial charge in [-0.05, 0) is 131 Å². The fraction of sp³-hybridized carbons (Fsp3) is 0.632. The Bertz CT molecular complexity index is 1490. The van der Waals surface area contributed by atoms with E-state index < -0.39 is 11.8 Å². The first-order valence-electron chi connectivity index (χ1n) is 18.0. The van der Waals surface area contributed by atoms with E-state index >= 15 is 4.39 Å². The second-order valence-electron chi connectivity index (χ2n) is 15.1. The lowest BCUT2D eigenvalue weighted by molar-refractivity contribution is 0.00584. The molecule has 10 heteroatoms. The van der Waals surface area contributed by atoms with E-state index in [9.17, 15) is 14.4 Å². The molecule has 48 heavy (non-hydrogen) atoms. The Hall–Kier alpha value is -3.26. The molecule has 0 bridgehead atoms. The van der Waals surface area contributed by atoms with Gasteiger partial charge in [0.25, 0.3) is 0 Å². The SMILES string of the molecule is COC(=O)N[C@H]1CCC[C@@H]1C(CN1CCC1)(c1cccc(F)c1)C1CCN(CC2(F)CN(c3ccc(C#N)c(CN4CCC4)c3)C2)CC1. The molecule has 4 heterocycles. The molecule has 7 rings (SSSR count). The molecule has 2 aromatic carbocycles. The van der Waals surface area contributed by atoms with Crippen molar-refractivity contribution in [1.82, 2.24) is 20.0 Å². The number of halogens is 2. The van der Waals surface area contributed by atoms with Crippen LogP contribution in [0.25, 0.3) is 0 Å². The number of carbonyl (C=O) groups is 1. The summed E-state index contributed by atoms with van der Waals surface area (Å²) >= 11 is 0. The van der Waals surface area contributed by atoms with Crippen molar-refractivity contribution in [3.8, 4) is 6.07 Å². The van der Waals surface area contributed by atoms with E-state index in [1.165, 1.54) is 26.0 Å². The minimum Gasteiger partial charge on any atom is -0.453 e. The monoisotopic (exact) mass is 660 g/mol. The highest BCUT2D eigenvalue weighted by atomic mass is 19.1. The van der Waals surface area contributed by atoms with Gasteiger partial charge >= 0.3 is 6.09 Å². The Morgan fingerprint density at radius 1 is 0.979 bits per heavy atom. The fourth-order valence-corrected chi connectivity index (χ4v) is 9.46. The van der Waals surface area contributed by atoms with Crippen LogP contribution in [-0.4, -0.2) is 105 Å². The van der Waals surface area contributed by atoms with E-state index in [0.717, 1.165) is 101 Å². The van der Waals surface area contributed by atoms with Crippen LogP contribution in [0.15, 0.2) is 42.5 Å². The molecule has 0 spiro atoms. The quantitative estimate of drug-likeness (QED) is 0.350. The lowest BCUT2D eigenvalue weighted by Crippen LogP contribution is -2.65. The van der Waals surface area contributed by atoms with Crippen molar-refractivity contribution >= 4 is 11.8 Å². The van der Waals surface area contributed by atoms with Crippen LogP contribution in [0, 0.1) is 29.0 Å². The molecular weight excluding hydrogens is 610 g/mol. The number of benzene rings is 2. The zero-order valence-corrected chi connectivity index (χ0v) is 28.3. The lowest BCUT2D eigenvalue weighted by atomic mass is 9.57. The van der Waals surface area contributed by atoms with Gasteiger partial charge in [-0.2, -0.15) is 5.26 Å². The predicted molar refractivity (Wildman–Crippen MR) is 182 cm³/mol. The normalized spacial score (nSPS) is 26.1. The van der Waals surface area contributed by atoms with Gasteiger partial charge in [0.2, 0.25) is 0 Å². The number of methoxy groups -OCH3 is 1. The smallest absolute Gasteiger partial charge is 0.407 e. The van der Waals surface area contributed by atoms with Gasteiger partial charge in [0.05, 0.1) is 31.8 Å². The Morgan fingerprint density at radius 3 is 2.38 bits per heavy atom. The molecule has 258 valence electrons. The van der Waals surface area contributed by atoms with Crippen LogP contribution < -0.4 is 10.2 Å². The fourth-order valence-electron chi connectivity index (χ4n) is 9.46. The molecule has 0 radical (unpaired) electrons. The van der Waals surface area contributed by atoms with Crippen molar-refractivity contribution < 1.29 is 18.3 Å². The first-order valence-corrected chi connectivity index (χ1v) is 18.0. The molecule has 1 saturated carbocycles. The highest BCUT2D eigenvalue weighted by Crippen LogP contribution is 2.51. The standard InChI is InChI=1S/C38H50F2N6O2/c1-48-36(47)42-35-9-3-8-34(35)38(27-44-16-5-17-44,31-6-2-7-32(39)21-31)30-12-18-45(19-13-30)24-37(40)25-46(26-37)33-11-10-28(22-41)29(20-33)23-43-14-4-15-43/h2,6-7,10-11,20-21,30,34-35H,3-5,8-9,12-19,23-27H2,1H3,(H,42,47)/t34-,35-,38?/m0/s1. The lowest BCUT2D eigenvalue weighted by Gasteiger charge is -2.54. The number of piperidine rings is 1. The molecule has 0 aromatic heterocycles. The average Bonchev–Trinajstić information content (AvgIpc) is 3.50. The number of hydrogen-bond donors (Lipinski definition) is 1. The van der Waals surface area contributed by atoms with E-state index in [1.54, 1.807) is 6.07 Å². The Balaban J connectivity index is 1.05. The van der Waals surface area contributed by atoms with Crippen LogP contribution in [0.3, 0.4) is 0 Å². The van der Waals surface area contributed by atoms with Crippen LogP contribution in [-0.2, 0) is 16.7 Å². The van der Waals surface area contributed by atoms with E-state index in [-0.39, 0.29) is 29.1 Å². The third-order valence-corrected chi connectivity index (χ3v) is 12.2. The average molecular weight is 661 g/mol. The molecule has 1 amide bonds. The van der Waals surface area contributed by atoms with Gasteiger partial charge in [-0.25, -0.2) is 13.6 Å². The van der Waals surface area contributed by atoms with Crippen molar-refractivity contribution in [3.63, 3.8) is 0 Å². The first-order chi connectivity index (χ1) is 23.3. The maximum atomic E-state index is 16.2. The second-order valence-corrected chi connectivity index (χ2v) is 15.1. The van der Waals surface area contributed by atoms with Gasteiger partial charge in [-0.1, -0.05) is 18.6 Å². The zero-order chi connectivity index (χ0) is 33.3. The highest BCUT2D eigenvalue weighted by Gasteiger charge is 2.54. The summed E-state index contributed by atoms with van der Waals surface area (Å²) in [4.78, 5) is 21.7. The van der Waals surface area contributed by atoms with Gasteiger partial charge in [-0.3, -0.25) is 9.80 Å². The maximum Gasteiger partial charge on any atom is 0.407 e. The number of hydrogen-bond acceptors (Lipinski definition) is 7. The number of nitriles is 1. The molecule has 1 N–H and O–H groups in total. The summed E-state index contributed by atoms with van der Waals surface area (Å²) in [5.74, 6) is 0.206. The summed E-state index contributed by atoms with van der Waals surface area (Å²) in [6.07, 6.45) is 6.64. The Labute approximate surface area is 284 Å². The summed E-state index contributed by atoms with van der Waals surface area (Å²) in [7, 11) is 1.41. The third kappa shape index (κ3) is 6.66. The van der Waals surface area contributed by atoms with Crippen molar-refractivity contribution in [1.29, 1.82) is 5.26 Å². The number of rotatable bonds is 11. The van der Waals surface area contributed by atoms with E-state index in [4.69, 9.17) is 4.74 Å². The number of nitrogens with zero attached hydrogens (tertiary/aromatic N) is 5. The van der Waals surface area contributed by atoms with Crippen molar-refractivity contribution in [3.05, 3.63) is 65.0 Å². The van der Waals surface area contributed by atoms with E-state index in [2.05, 4.69) is 43.1 Å². The van der Waals surface area contributed by atoms with E-state index in [1.807, 2.05) is 18.2 Å². The molecule has 1 unspecified atom stereocenters. The summed E-state index contributed by atoms with van der Waals surface area (Å²) in [6.45, 7) is 8.54.